The molecule has 0 aliphatic heterocycles. The van der Waals surface area contributed by atoms with Gasteiger partial charge >= 0.3 is 0 Å². The summed E-state index contributed by atoms with van der Waals surface area (Å²) >= 11 is 0. The van der Waals surface area contributed by atoms with Gasteiger partial charge in [-0.05, 0) is 24.4 Å². The van der Waals surface area contributed by atoms with Crippen LogP contribution in [0, 0.1) is 0 Å². The van der Waals surface area contributed by atoms with Crippen molar-refractivity contribution < 1.29 is 0 Å². The maximum atomic E-state index is 5.14. The quantitative estimate of drug-likeness (QED) is 0.665. The normalized spacial score (nSPS) is 8.91. The molecule has 0 spiro atoms. The number of hydrogen-bond donors (Lipinski definition) is 1. The Balaban J connectivity index is 0.000000461. The summed E-state index contributed by atoms with van der Waals surface area (Å²) < 4.78 is 0. The van der Waals surface area contributed by atoms with Crippen molar-refractivity contribution in [1.82, 2.24) is 4.98 Å². The van der Waals surface area contributed by atoms with Gasteiger partial charge in [-0.3, -0.25) is 4.98 Å². The highest BCUT2D eigenvalue weighted by molar-refractivity contribution is 5.42. The van der Waals surface area contributed by atoms with Gasteiger partial charge < -0.3 is 5.73 Å². The monoisotopic (exact) mass is 150 g/mol. The van der Waals surface area contributed by atoms with E-state index >= 15 is 0 Å². The van der Waals surface area contributed by atoms with Crippen LogP contribution in [-0.2, 0) is 0 Å². The van der Waals surface area contributed by atoms with Crippen molar-refractivity contribution in [1.29, 1.82) is 0 Å². The molecule has 1 heterocycles. The number of pyridine rings is 1. The molecule has 0 saturated carbocycles. The fourth-order valence-corrected chi connectivity index (χ4v) is 0.573. The second kappa shape index (κ2) is 6.81. The zero-order valence-corrected chi connectivity index (χ0v) is 6.99. The second-order valence-corrected chi connectivity index (χ2v) is 1.61. The summed E-state index contributed by atoms with van der Waals surface area (Å²) in [5.41, 5.74) is 6.03. The Morgan fingerprint density at radius 3 is 2.55 bits per heavy atom. The van der Waals surface area contributed by atoms with Crippen LogP contribution in [0.3, 0.4) is 0 Å². The van der Waals surface area contributed by atoms with Crippen LogP contribution >= 0.6 is 0 Å². The highest BCUT2D eigenvalue weighted by atomic mass is 14.7. The van der Waals surface area contributed by atoms with Crippen LogP contribution in [0.4, 0.5) is 0 Å². The van der Waals surface area contributed by atoms with E-state index in [1.165, 1.54) is 6.20 Å². The van der Waals surface area contributed by atoms with Crippen molar-refractivity contribution in [3.63, 3.8) is 0 Å². The maximum absolute atomic E-state index is 5.14. The summed E-state index contributed by atoms with van der Waals surface area (Å²) in [5, 5.41) is 0. The van der Waals surface area contributed by atoms with Crippen LogP contribution in [0.15, 0.2) is 30.6 Å². The minimum atomic E-state index is 0.889. The Morgan fingerprint density at radius 1 is 1.36 bits per heavy atom. The van der Waals surface area contributed by atoms with Gasteiger partial charge in [0.25, 0.3) is 0 Å². The molecular formula is C9H14N2. The first kappa shape index (κ1) is 9.69. The average Bonchev–Trinajstić information content (AvgIpc) is 2.11. The van der Waals surface area contributed by atoms with Crippen molar-refractivity contribution in [2.45, 2.75) is 13.8 Å². The van der Waals surface area contributed by atoms with Crippen LogP contribution in [0.1, 0.15) is 19.5 Å². The number of nitrogens with two attached hydrogens (primary N) is 1. The number of rotatable bonds is 1. The Bertz CT molecular complexity index is 192. The van der Waals surface area contributed by atoms with E-state index in [0.29, 0.717) is 0 Å². The molecule has 2 N–H and O–H groups in total. The van der Waals surface area contributed by atoms with E-state index in [1.54, 1.807) is 12.3 Å². The van der Waals surface area contributed by atoms with Crippen LogP contribution in [-0.4, -0.2) is 4.98 Å². The molecule has 0 aromatic carbocycles. The van der Waals surface area contributed by atoms with Gasteiger partial charge in [0, 0.05) is 6.20 Å². The lowest BCUT2D eigenvalue weighted by atomic mass is 10.3. The molecule has 0 aliphatic rings. The summed E-state index contributed by atoms with van der Waals surface area (Å²) in [6.45, 7) is 4.00. The topological polar surface area (TPSA) is 38.9 Å². The van der Waals surface area contributed by atoms with E-state index in [-0.39, 0.29) is 0 Å². The Hall–Kier alpha value is -1.31. The molecule has 0 aliphatic carbocycles. The first-order chi connectivity index (χ1) is 5.43. The van der Waals surface area contributed by atoms with Crippen molar-refractivity contribution >= 4 is 6.08 Å². The van der Waals surface area contributed by atoms with E-state index in [9.17, 15) is 0 Å². The molecule has 60 valence electrons. The van der Waals surface area contributed by atoms with Gasteiger partial charge in [-0.1, -0.05) is 19.9 Å². The summed E-state index contributed by atoms with van der Waals surface area (Å²) in [5.74, 6) is 0. The number of nitrogens with zero attached hydrogens (tertiary/aromatic N) is 1. The average molecular weight is 150 g/mol. The molecule has 0 radical (unpaired) electrons. The molecule has 2 nitrogen and oxygen atoms in total. The summed E-state index contributed by atoms with van der Waals surface area (Å²) in [6.07, 6.45) is 4.96. The molecule has 0 bridgehead atoms. The number of hydrogen-bond acceptors (Lipinski definition) is 2. The standard InChI is InChI=1S/C7H8N2.C2H6/c8-5-4-7-3-1-2-6-9-7;1-2/h1-6H,8H2;1-2H3/b5-4-;. The summed E-state index contributed by atoms with van der Waals surface area (Å²) in [7, 11) is 0. The largest absolute Gasteiger partial charge is 0.405 e. The zero-order valence-electron chi connectivity index (χ0n) is 6.99. The van der Waals surface area contributed by atoms with Crippen molar-refractivity contribution in [2.75, 3.05) is 0 Å². The molecule has 0 amide bonds. The molecular weight excluding hydrogens is 136 g/mol. The molecule has 2 heteroatoms. The summed E-state index contributed by atoms with van der Waals surface area (Å²) in [6, 6.07) is 5.68. The maximum Gasteiger partial charge on any atom is 0.0643 e. The van der Waals surface area contributed by atoms with Crippen molar-refractivity contribution in [2.24, 2.45) is 5.73 Å². The van der Waals surface area contributed by atoms with Crippen LogP contribution in [0.5, 0.6) is 0 Å². The third kappa shape index (κ3) is 4.14. The number of aromatic nitrogens is 1. The van der Waals surface area contributed by atoms with Gasteiger partial charge in [-0.15, -0.1) is 0 Å². The predicted molar refractivity (Wildman–Crippen MR) is 48.8 cm³/mol. The Morgan fingerprint density at radius 2 is 2.09 bits per heavy atom. The summed E-state index contributed by atoms with van der Waals surface area (Å²) in [4.78, 5) is 4.00. The van der Waals surface area contributed by atoms with Gasteiger partial charge in [-0.2, -0.15) is 0 Å². The van der Waals surface area contributed by atoms with Gasteiger partial charge in [0.05, 0.1) is 5.69 Å². The highest BCUT2D eigenvalue weighted by Crippen LogP contribution is 1.93. The van der Waals surface area contributed by atoms with Crippen LogP contribution in [0.2, 0.25) is 0 Å². The molecule has 1 aromatic rings. The fourth-order valence-electron chi connectivity index (χ4n) is 0.573. The van der Waals surface area contributed by atoms with Gasteiger partial charge in [0.15, 0.2) is 0 Å². The molecule has 1 rings (SSSR count). The van der Waals surface area contributed by atoms with E-state index in [0.717, 1.165) is 5.69 Å². The third-order valence-corrected chi connectivity index (χ3v) is 0.955. The van der Waals surface area contributed by atoms with E-state index in [2.05, 4.69) is 4.98 Å². The Labute approximate surface area is 67.8 Å². The van der Waals surface area contributed by atoms with Crippen molar-refractivity contribution in [3.05, 3.63) is 36.3 Å². The van der Waals surface area contributed by atoms with E-state index in [4.69, 9.17) is 5.73 Å². The zero-order chi connectivity index (χ0) is 8.53. The SMILES string of the molecule is CC.N/C=C\c1ccccn1. The van der Waals surface area contributed by atoms with Crippen LogP contribution < -0.4 is 5.73 Å². The highest BCUT2D eigenvalue weighted by Gasteiger charge is 1.79. The first-order valence-electron chi connectivity index (χ1n) is 3.73. The molecule has 0 saturated heterocycles. The molecule has 11 heavy (non-hydrogen) atoms. The van der Waals surface area contributed by atoms with Gasteiger partial charge in [0.1, 0.15) is 0 Å². The van der Waals surface area contributed by atoms with Crippen LogP contribution in [0.25, 0.3) is 6.08 Å². The fraction of sp³-hybridized carbons (Fsp3) is 0.222. The molecule has 1 aromatic heterocycles. The Kier molecular flexibility index (Phi) is 5.99. The predicted octanol–water partition coefficient (Wildman–Crippen LogP) is 2.04. The third-order valence-electron chi connectivity index (χ3n) is 0.955. The van der Waals surface area contributed by atoms with E-state index < -0.39 is 0 Å². The molecule has 0 fully saturated rings. The lowest BCUT2D eigenvalue weighted by Crippen LogP contribution is -1.79. The minimum absolute atomic E-state index is 0.889. The molecule has 0 unspecified atom stereocenters. The second-order valence-electron chi connectivity index (χ2n) is 1.61. The smallest absolute Gasteiger partial charge is 0.0643 e. The first-order valence-corrected chi connectivity index (χ1v) is 3.73. The van der Waals surface area contributed by atoms with Gasteiger partial charge in [-0.25, -0.2) is 0 Å². The van der Waals surface area contributed by atoms with E-state index in [1.807, 2.05) is 32.0 Å². The minimum Gasteiger partial charge on any atom is -0.405 e. The van der Waals surface area contributed by atoms with Gasteiger partial charge in [0.2, 0.25) is 0 Å². The lowest BCUT2D eigenvalue weighted by Gasteiger charge is -1.86. The molecule has 0 atom stereocenters. The van der Waals surface area contributed by atoms with Crippen molar-refractivity contribution in [3.8, 4) is 0 Å². The lowest BCUT2D eigenvalue weighted by molar-refractivity contribution is 1.29.